The van der Waals surface area contributed by atoms with Gasteiger partial charge in [0.15, 0.2) is 5.76 Å². The summed E-state index contributed by atoms with van der Waals surface area (Å²) in [6, 6.07) is 5.75. The van der Waals surface area contributed by atoms with Crippen LogP contribution in [0.4, 0.5) is 0 Å². The molecule has 2 aromatic heterocycles. The van der Waals surface area contributed by atoms with Gasteiger partial charge in [-0.15, -0.1) is 0 Å². The van der Waals surface area contributed by atoms with Crippen LogP contribution in [0, 0.1) is 6.92 Å². The maximum atomic E-state index is 12.3. The molecule has 0 radical (unpaired) electrons. The van der Waals surface area contributed by atoms with E-state index in [9.17, 15) is 4.79 Å². The van der Waals surface area contributed by atoms with Gasteiger partial charge in [-0.3, -0.25) is 4.79 Å². The molecule has 1 aliphatic carbocycles. The second kappa shape index (κ2) is 6.82. The molecular formula is C19H21N3O4. The number of rotatable bonds is 4. The third-order valence-electron chi connectivity index (χ3n) is 4.91. The Kier molecular flexibility index (Phi) is 4.36. The highest BCUT2D eigenvalue weighted by molar-refractivity contribution is 5.91. The maximum Gasteiger partial charge on any atom is 0.316 e. The van der Waals surface area contributed by atoms with Crippen molar-refractivity contribution in [3.05, 3.63) is 29.7 Å². The van der Waals surface area contributed by atoms with Crippen molar-refractivity contribution >= 4 is 16.9 Å². The first-order valence-electron chi connectivity index (χ1n) is 8.88. The average Bonchev–Trinajstić information content (AvgIpc) is 3.27. The fraction of sp³-hybridized carbons (Fsp3) is 0.421. The molecule has 1 fully saturated rings. The first kappa shape index (κ1) is 16.6. The molecule has 2 heterocycles. The molecule has 1 aromatic carbocycles. The van der Waals surface area contributed by atoms with Crippen molar-refractivity contribution in [2.75, 3.05) is 7.11 Å². The molecule has 136 valence electrons. The Morgan fingerprint density at radius 2 is 2.08 bits per heavy atom. The van der Waals surface area contributed by atoms with Gasteiger partial charge in [0, 0.05) is 17.0 Å². The molecule has 0 atom stereocenters. The van der Waals surface area contributed by atoms with Gasteiger partial charge >= 0.3 is 11.8 Å². The molecule has 0 saturated heterocycles. The molecule has 1 saturated carbocycles. The minimum Gasteiger partial charge on any atom is -0.497 e. The Morgan fingerprint density at radius 1 is 1.27 bits per heavy atom. The Hall–Kier alpha value is -2.83. The number of nitrogens with one attached hydrogen (secondary N) is 1. The molecule has 26 heavy (non-hydrogen) atoms. The molecule has 7 nitrogen and oxygen atoms in total. The molecule has 0 bridgehead atoms. The number of fused-ring (bicyclic) bond motifs is 1. The summed E-state index contributed by atoms with van der Waals surface area (Å²) >= 11 is 0. The van der Waals surface area contributed by atoms with E-state index in [0.29, 0.717) is 11.3 Å². The number of nitrogens with zero attached hydrogens (tertiary/aromatic N) is 2. The lowest BCUT2D eigenvalue weighted by Crippen LogP contribution is -2.36. The van der Waals surface area contributed by atoms with E-state index in [1.54, 1.807) is 7.11 Å². The van der Waals surface area contributed by atoms with E-state index >= 15 is 0 Å². The third kappa shape index (κ3) is 3.05. The number of amides is 1. The molecule has 0 unspecified atom stereocenters. The molecule has 0 aliphatic heterocycles. The largest absolute Gasteiger partial charge is 0.497 e. The number of carbonyl (C=O) groups excluding carboxylic acids is 1. The van der Waals surface area contributed by atoms with Crippen molar-refractivity contribution < 1.29 is 18.5 Å². The molecule has 1 N–H and O–H groups in total. The number of hydrogen-bond donors (Lipinski definition) is 1. The van der Waals surface area contributed by atoms with Gasteiger partial charge in [0.1, 0.15) is 11.3 Å². The molecule has 1 aliphatic rings. The van der Waals surface area contributed by atoms with E-state index in [0.717, 1.165) is 42.4 Å². The zero-order valence-corrected chi connectivity index (χ0v) is 14.9. The predicted molar refractivity (Wildman–Crippen MR) is 95.1 cm³/mol. The van der Waals surface area contributed by atoms with E-state index in [4.69, 9.17) is 13.7 Å². The predicted octanol–water partition coefficient (Wildman–Crippen LogP) is 3.86. The molecule has 1 amide bonds. The van der Waals surface area contributed by atoms with Gasteiger partial charge in [0.2, 0.25) is 5.82 Å². The smallest absolute Gasteiger partial charge is 0.316 e. The first-order valence-corrected chi connectivity index (χ1v) is 8.88. The highest BCUT2D eigenvalue weighted by Crippen LogP contribution is 2.33. The van der Waals surface area contributed by atoms with Crippen LogP contribution in [-0.4, -0.2) is 29.2 Å². The van der Waals surface area contributed by atoms with Crippen LogP contribution < -0.4 is 10.1 Å². The minimum absolute atomic E-state index is 0.0389. The first-order chi connectivity index (χ1) is 12.7. The van der Waals surface area contributed by atoms with E-state index < -0.39 is 0 Å². The Balaban J connectivity index is 1.58. The van der Waals surface area contributed by atoms with Crippen LogP contribution >= 0.6 is 0 Å². The van der Waals surface area contributed by atoms with Gasteiger partial charge in [-0.05, 0) is 38.0 Å². The number of aromatic nitrogens is 2. The standard InChI is InChI=1S/C19H21N3O4/c1-11-14-10-13(24-2)8-9-15(14)25-16(11)17-21-19(26-22-17)18(23)20-12-6-4-3-5-7-12/h8-10,12H,3-7H2,1-2H3,(H,20,23). The highest BCUT2D eigenvalue weighted by atomic mass is 16.5. The van der Waals surface area contributed by atoms with Crippen LogP contribution in [0.3, 0.4) is 0 Å². The second-order valence-corrected chi connectivity index (χ2v) is 6.65. The quantitative estimate of drug-likeness (QED) is 0.764. The maximum absolute atomic E-state index is 12.3. The molecule has 7 heteroatoms. The summed E-state index contributed by atoms with van der Waals surface area (Å²) in [6.45, 7) is 1.92. The minimum atomic E-state index is -0.328. The van der Waals surface area contributed by atoms with Crippen molar-refractivity contribution in [3.8, 4) is 17.3 Å². The van der Waals surface area contributed by atoms with Gasteiger partial charge in [-0.1, -0.05) is 24.4 Å². The number of aryl methyl sites for hydroxylation is 1. The van der Waals surface area contributed by atoms with Crippen LogP contribution in [-0.2, 0) is 0 Å². The van der Waals surface area contributed by atoms with Crippen LogP contribution in [0.15, 0.2) is 27.1 Å². The summed E-state index contributed by atoms with van der Waals surface area (Å²) in [5.41, 5.74) is 1.58. The average molecular weight is 355 g/mol. The Morgan fingerprint density at radius 3 is 2.85 bits per heavy atom. The number of carbonyl (C=O) groups is 1. The number of benzene rings is 1. The lowest BCUT2D eigenvalue weighted by Gasteiger charge is -2.21. The van der Waals surface area contributed by atoms with E-state index in [1.165, 1.54) is 6.42 Å². The normalized spacial score (nSPS) is 15.3. The Labute approximate surface area is 150 Å². The van der Waals surface area contributed by atoms with Crippen molar-refractivity contribution in [3.63, 3.8) is 0 Å². The van der Waals surface area contributed by atoms with Crippen molar-refractivity contribution in [1.82, 2.24) is 15.5 Å². The summed E-state index contributed by atoms with van der Waals surface area (Å²) in [6.07, 6.45) is 5.50. The zero-order valence-electron chi connectivity index (χ0n) is 14.9. The van der Waals surface area contributed by atoms with Crippen LogP contribution in [0.2, 0.25) is 0 Å². The number of furan rings is 1. The highest BCUT2D eigenvalue weighted by Gasteiger charge is 2.23. The van der Waals surface area contributed by atoms with Crippen LogP contribution in [0.5, 0.6) is 5.75 Å². The van der Waals surface area contributed by atoms with Crippen molar-refractivity contribution in [1.29, 1.82) is 0 Å². The molecule has 0 spiro atoms. The fourth-order valence-corrected chi connectivity index (χ4v) is 3.44. The topological polar surface area (TPSA) is 90.4 Å². The van der Waals surface area contributed by atoms with Gasteiger partial charge in [0.25, 0.3) is 0 Å². The fourth-order valence-electron chi connectivity index (χ4n) is 3.44. The molecule has 3 aromatic rings. The van der Waals surface area contributed by atoms with Gasteiger partial charge in [-0.2, -0.15) is 4.98 Å². The summed E-state index contributed by atoms with van der Waals surface area (Å²) < 4.78 is 16.3. The second-order valence-electron chi connectivity index (χ2n) is 6.65. The summed E-state index contributed by atoms with van der Waals surface area (Å²) in [5.74, 6) is 1.14. The van der Waals surface area contributed by atoms with Crippen LogP contribution in [0.1, 0.15) is 48.4 Å². The lowest BCUT2D eigenvalue weighted by molar-refractivity contribution is 0.0883. The summed E-state index contributed by atoms with van der Waals surface area (Å²) in [5, 5.41) is 7.82. The molecular weight excluding hydrogens is 334 g/mol. The van der Waals surface area contributed by atoms with Gasteiger partial charge in [-0.25, -0.2) is 0 Å². The number of methoxy groups -OCH3 is 1. The number of ether oxygens (including phenoxy) is 1. The zero-order chi connectivity index (χ0) is 18.1. The van der Waals surface area contributed by atoms with Crippen LogP contribution in [0.25, 0.3) is 22.6 Å². The monoisotopic (exact) mass is 355 g/mol. The van der Waals surface area contributed by atoms with Crippen molar-refractivity contribution in [2.24, 2.45) is 0 Å². The number of hydrogen-bond acceptors (Lipinski definition) is 6. The molecule has 4 rings (SSSR count). The Bertz CT molecular complexity index is 938. The third-order valence-corrected chi connectivity index (χ3v) is 4.91. The van der Waals surface area contributed by atoms with Crippen molar-refractivity contribution in [2.45, 2.75) is 45.1 Å². The summed E-state index contributed by atoms with van der Waals surface area (Å²) in [4.78, 5) is 16.6. The van der Waals surface area contributed by atoms with E-state index in [1.807, 2.05) is 25.1 Å². The lowest BCUT2D eigenvalue weighted by atomic mass is 9.95. The van der Waals surface area contributed by atoms with E-state index in [-0.39, 0.29) is 23.7 Å². The summed E-state index contributed by atoms with van der Waals surface area (Å²) in [7, 11) is 1.62. The van der Waals surface area contributed by atoms with E-state index in [2.05, 4.69) is 15.5 Å². The van der Waals surface area contributed by atoms with Gasteiger partial charge in [0.05, 0.1) is 7.11 Å². The van der Waals surface area contributed by atoms with Gasteiger partial charge < -0.3 is 19.0 Å². The SMILES string of the molecule is COc1ccc2oc(-c3noc(C(=O)NC4CCCCC4)n3)c(C)c2c1.